The van der Waals surface area contributed by atoms with E-state index in [0.717, 1.165) is 36.7 Å². The van der Waals surface area contributed by atoms with Crippen LogP contribution in [0.5, 0.6) is 0 Å². The van der Waals surface area contributed by atoms with Crippen molar-refractivity contribution in [3.8, 4) is 0 Å². The topological polar surface area (TPSA) is 92.6 Å². The summed E-state index contributed by atoms with van der Waals surface area (Å²) in [5, 5.41) is 3.13. The standard InChI is InChI=1S/C16H16N8/c1-3-21-16(22-13-7-18-11-19-8-13)23-14(1)12-2-6-24(10-12)15-9-17-4-5-20-15/h1,3-5,7-9,11-12H,2,6,10H2,(H,21,22,23)/t12-/m1/s1. The van der Waals surface area contributed by atoms with Gasteiger partial charge in [-0.25, -0.2) is 24.9 Å². The second-order valence-electron chi connectivity index (χ2n) is 5.55. The summed E-state index contributed by atoms with van der Waals surface area (Å²) >= 11 is 0. The molecule has 0 saturated carbocycles. The summed E-state index contributed by atoms with van der Waals surface area (Å²) in [6.45, 7) is 1.83. The molecule has 1 aliphatic heterocycles. The average Bonchev–Trinajstić information content (AvgIpc) is 3.14. The van der Waals surface area contributed by atoms with Gasteiger partial charge >= 0.3 is 0 Å². The highest BCUT2D eigenvalue weighted by molar-refractivity contribution is 5.50. The zero-order valence-electron chi connectivity index (χ0n) is 12.9. The molecule has 0 aliphatic carbocycles. The Hall–Kier alpha value is -3.16. The molecule has 4 heterocycles. The Morgan fingerprint density at radius 3 is 2.75 bits per heavy atom. The Balaban J connectivity index is 1.48. The lowest BCUT2D eigenvalue weighted by Gasteiger charge is -2.16. The lowest BCUT2D eigenvalue weighted by Crippen LogP contribution is -2.20. The molecule has 3 aromatic heterocycles. The van der Waals surface area contributed by atoms with Crippen LogP contribution in [0.4, 0.5) is 17.5 Å². The molecule has 1 saturated heterocycles. The van der Waals surface area contributed by atoms with Crippen molar-refractivity contribution in [2.45, 2.75) is 12.3 Å². The highest BCUT2D eigenvalue weighted by atomic mass is 15.2. The largest absolute Gasteiger partial charge is 0.355 e. The van der Waals surface area contributed by atoms with Gasteiger partial charge in [0.15, 0.2) is 0 Å². The third kappa shape index (κ3) is 3.12. The Morgan fingerprint density at radius 2 is 1.92 bits per heavy atom. The Bertz CT molecular complexity index is 795. The van der Waals surface area contributed by atoms with Crippen molar-refractivity contribution in [1.29, 1.82) is 0 Å². The van der Waals surface area contributed by atoms with E-state index >= 15 is 0 Å². The van der Waals surface area contributed by atoms with Crippen LogP contribution in [0.2, 0.25) is 0 Å². The number of anilines is 3. The molecule has 0 unspecified atom stereocenters. The highest BCUT2D eigenvalue weighted by Gasteiger charge is 2.26. The second kappa shape index (κ2) is 6.53. The first-order chi connectivity index (χ1) is 11.9. The first-order valence-corrected chi connectivity index (χ1v) is 7.74. The molecular formula is C16H16N8. The summed E-state index contributed by atoms with van der Waals surface area (Å²) in [6.07, 6.45) is 12.9. The van der Waals surface area contributed by atoms with Gasteiger partial charge in [0.05, 0.1) is 30.0 Å². The van der Waals surface area contributed by atoms with Crippen LogP contribution in [0.1, 0.15) is 18.0 Å². The Morgan fingerprint density at radius 1 is 1.00 bits per heavy atom. The van der Waals surface area contributed by atoms with Gasteiger partial charge in [-0.2, -0.15) is 0 Å². The van der Waals surface area contributed by atoms with Crippen LogP contribution >= 0.6 is 0 Å². The van der Waals surface area contributed by atoms with E-state index in [9.17, 15) is 0 Å². The molecular weight excluding hydrogens is 304 g/mol. The minimum absolute atomic E-state index is 0.350. The molecule has 1 fully saturated rings. The van der Waals surface area contributed by atoms with E-state index in [0.29, 0.717) is 11.9 Å². The molecule has 0 aromatic carbocycles. The van der Waals surface area contributed by atoms with E-state index in [1.54, 1.807) is 37.2 Å². The summed E-state index contributed by atoms with van der Waals surface area (Å²) < 4.78 is 0. The van der Waals surface area contributed by atoms with Gasteiger partial charge in [-0.3, -0.25) is 4.98 Å². The predicted octanol–water partition coefficient (Wildman–Crippen LogP) is 1.79. The second-order valence-corrected chi connectivity index (χ2v) is 5.55. The first kappa shape index (κ1) is 14.4. The number of rotatable bonds is 4. The van der Waals surface area contributed by atoms with Gasteiger partial charge < -0.3 is 10.2 Å². The molecule has 0 radical (unpaired) electrons. The monoisotopic (exact) mass is 320 g/mol. The lowest BCUT2D eigenvalue weighted by molar-refractivity contribution is 0.740. The Labute approximate surface area is 139 Å². The molecule has 8 heteroatoms. The fourth-order valence-electron chi connectivity index (χ4n) is 2.82. The van der Waals surface area contributed by atoms with Gasteiger partial charge in [0.1, 0.15) is 12.1 Å². The van der Waals surface area contributed by atoms with Crippen LogP contribution in [-0.2, 0) is 0 Å². The fraction of sp³-hybridized carbons (Fsp3) is 0.250. The zero-order chi connectivity index (χ0) is 16.2. The lowest BCUT2D eigenvalue weighted by atomic mass is 10.1. The fourth-order valence-corrected chi connectivity index (χ4v) is 2.82. The van der Waals surface area contributed by atoms with Gasteiger partial charge in [-0.1, -0.05) is 0 Å². The van der Waals surface area contributed by atoms with Crippen molar-refractivity contribution in [2.75, 3.05) is 23.3 Å². The van der Waals surface area contributed by atoms with Crippen molar-refractivity contribution in [1.82, 2.24) is 29.9 Å². The molecule has 4 rings (SSSR count). The zero-order valence-corrected chi connectivity index (χ0v) is 12.9. The van der Waals surface area contributed by atoms with Crippen LogP contribution in [-0.4, -0.2) is 43.0 Å². The van der Waals surface area contributed by atoms with Crippen LogP contribution in [0.3, 0.4) is 0 Å². The van der Waals surface area contributed by atoms with Crippen molar-refractivity contribution in [2.24, 2.45) is 0 Å². The first-order valence-electron chi connectivity index (χ1n) is 7.74. The van der Waals surface area contributed by atoms with E-state index in [-0.39, 0.29) is 0 Å². The molecule has 0 bridgehead atoms. The summed E-state index contributed by atoms with van der Waals surface area (Å²) in [4.78, 5) is 27.6. The maximum absolute atomic E-state index is 4.64. The summed E-state index contributed by atoms with van der Waals surface area (Å²) in [5.41, 5.74) is 1.79. The average molecular weight is 320 g/mol. The van der Waals surface area contributed by atoms with E-state index < -0.39 is 0 Å². The summed E-state index contributed by atoms with van der Waals surface area (Å²) in [5.74, 6) is 1.82. The molecule has 1 atom stereocenters. The number of hydrogen-bond acceptors (Lipinski definition) is 8. The summed E-state index contributed by atoms with van der Waals surface area (Å²) in [6, 6.07) is 1.97. The molecule has 120 valence electrons. The third-order valence-corrected chi connectivity index (χ3v) is 3.97. The number of aromatic nitrogens is 6. The molecule has 0 spiro atoms. The van der Waals surface area contributed by atoms with E-state index in [1.165, 1.54) is 6.33 Å². The number of hydrogen-bond donors (Lipinski definition) is 1. The minimum Gasteiger partial charge on any atom is -0.355 e. The maximum atomic E-state index is 4.64. The molecule has 1 N–H and O–H groups in total. The van der Waals surface area contributed by atoms with Gasteiger partial charge in [0.2, 0.25) is 5.95 Å². The third-order valence-electron chi connectivity index (χ3n) is 3.97. The van der Waals surface area contributed by atoms with Crippen LogP contribution in [0.25, 0.3) is 0 Å². The van der Waals surface area contributed by atoms with Gasteiger partial charge in [0, 0.05) is 37.6 Å². The van der Waals surface area contributed by atoms with Gasteiger partial charge in [-0.05, 0) is 12.5 Å². The normalized spacial score (nSPS) is 17.0. The van der Waals surface area contributed by atoms with Crippen molar-refractivity contribution < 1.29 is 0 Å². The van der Waals surface area contributed by atoms with Gasteiger partial charge in [-0.15, -0.1) is 0 Å². The van der Waals surface area contributed by atoms with Crippen molar-refractivity contribution in [3.63, 3.8) is 0 Å². The van der Waals surface area contributed by atoms with Crippen LogP contribution < -0.4 is 10.2 Å². The molecule has 8 nitrogen and oxygen atoms in total. The van der Waals surface area contributed by atoms with Crippen molar-refractivity contribution in [3.05, 3.63) is 55.3 Å². The predicted molar refractivity (Wildman–Crippen MR) is 88.9 cm³/mol. The van der Waals surface area contributed by atoms with Crippen LogP contribution in [0, 0.1) is 0 Å². The minimum atomic E-state index is 0.350. The van der Waals surface area contributed by atoms with E-state index in [1.807, 2.05) is 6.07 Å². The van der Waals surface area contributed by atoms with Gasteiger partial charge in [0.25, 0.3) is 0 Å². The summed E-state index contributed by atoms with van der Waals surface area (Å²) in [7, 11) is 0. The van der Waals surface area contributed by atoms with Crippen LogP contribution in [0.15, 0.2) is 49.6 Å². The van der Waals surface area contributed by atoms with E-state index in [4.69, 9.17) is 0 Å². The molecule has 1 aliphatic rings. The van der Waals surface area contributed by atoms with Crippen molar-refractivity contribution >= 4 is 17.5 Å². The Kier molecular flexibility index (Phi) is 3.93. The van der Waals surface area contributed by atoms with E-state index in [2.05, 4.69) is 40.1 Å². The number of nitrogens with zero attached hydrogens (tertiary/aromatic N) is 7. The quantitative estimate of drug-likeness (QED) is 0.778. The molecule has 3 aromatic rings. The number of nitrogens with one attached hydrogen (secondary N) is 1. The SMILES string of the molecule is c1cnc(N2CC[C@@H](c3ccnc(Nc4cncnc4)n3)C2)cn1. The molecule has 24 heavy (non-hydrogen) atoms. The smallest absolute Gasteiger partial charge is 0.227 e. The maximum Gasteiger partial charge on any atom is 0.227 e. The molecule has 0 amide bonds. The highest BCUT2D eigenvalue weighted by Crippen LogP contribution is 2.28.